The van der Waals surface area contributed by atoms with Crippen molar-refractivity contribution in [2.45, 2.75) is 152 Å². The fraction of sp³-hybridized carbons (Fsp3) is 0.771. The second-order valence-corrected chi connectivity index (χ2v) is 14.7. The molecule has 2 saturated heterocycles. The zero-order valence-corrected chi connectivity index (χ0v) is 27.0. The minimum atomic E-state index is -1.31. The first kappa shape index (κ1) is 35.0. The van der Waals surface area contributed by atoms with E-state index >= 15 is 0 Å². The maximum absolute atomic E-state index is 11.9. The summed E-state index contributed by atoms with van der Waals surface area (Å²) in [6.07, 6.45) is 11.9. The van der Waals surface area contributed by atoms with Gasteiger partial charge in [-0.3, -0.25) is 10.1 Å². The highest BCUT2D eigenvalue weighted by Crippen LogP contribution is 2.33. The Kier molecular flexibility index (Phi) is 12.8. The average Bonchev–Trinajstić information content (AvgIpc) is 2.94. The minimum Gasteiger partial charge on any atom is -0.481 e. The quantitative estimate of drug-likeness (QED) is 0.229. The Bertz CT molecular complexity index is 1070. The minimum absolute atomic E-state index is 0.0611. The molecule has 0 radical (unpaired) electrons. The third-order valence-corrected chi connectivity index (χ3v) is 10.6. The molecule has 248 valence electrons. The molecule has 8 N–H and O–H groups in total. The second-order valence-electron chi connectivity index (χ2n) is 14.7. The summed E-state index contributed by atoms with van der Waals surface area (Å²) < 4.78 is 0. The molecule has 9 heteroatoms. The van der Waals surface area contributed by atoms with Gasteiger partial charge in [-0.15, -0.1) is 0 Å². The number of carbonyl (C=O) groups excluding carboxylic acids is 1. The van der Waals surface area contributed by atoms with Crippen molar-refractivity contribution < 1.29 is 24.9 Å². The van der Waals surface area contributed by atoms with Crippen molar-refractivity contribution in [2.24, 2.45) is 17.6 Å². The molecule has 1 aromatic rings. The van der Waals surface area contributed by atoms with Gasteiger partial charge in [-0.05, 0) is 94.6 Å². The lowest BCUT2D eigenvalue weighted by Crippen LogP contribution is -2.63. The number of aldehydes is 1. The maximum atomic E-state index is 11.9. The molecule has 9 nitrogen and oxygen atoms in total. The van der Waals surface area contributed by atoms with Crippen LogP contribution in [0.3, 0.4) is 0 Å². The number of nitrogens with two attached hydrogens (primary N) is 1. The van der Waals surface area contributed by atoms with Crippen LogP contribution in [0.5, 0.6) is 0 Å². The summed E-state index contributed by atoms with van der Waals surface area (Å²) in [5.74, 6) is -0.370. The van der Waals surface area contributed by atoms with Gasteiger partial charge < -0.3 is 36.5 Å². The number of hydrogen-bond donors (Lipinski definition) is 7. The molecule has 0 saturated carbocycles. The molecule has 2 fully saturated rings. The number of rotatable bonds is 7. The predicted molar refractivity (Wildman–Crippen MR) is 173 cm³/mol. The van der Waals surface area contributed by atoms with E-state index in [1.54, 1.807) is 0 Å². The molecule has 0 unspecified atom stereocenters. The van der Waals surface area contributed by atoms with Gasteiger partial charge in [0, 0.05) is 36.6 Å². The number of carboxylic acid groups (broad SMARTS) is 1. The molecule has 0 spiro atoms. The summed E-state index contributed by atoms with van der Waals surface area (Å²) in [4.78, 5) is 23.6. The van der Waals surface area contributed by atoms with E-state index in [1.165, 1.54) is 11.1 Å². The van der Waals surface area contributed by atoms with Crippen LogP contribution in [0.25, 0.3) is 0 Å². The Morgan fingerprint density at radius 1 is 1.09 bits per heavy atom. The highest BCUT2D eigenvalue weighted by molar-refractivity contribution is 5.68. The van der Waals surface area contributed by atoms with E-state index in [9.17, 15) is 24.9 Å². The number of hydrogen-bond acceptors (Lipinski definition) is 8. The average molecular weight is 615 g/mol. The van der Waals surface area contributed by atoms with Gasteiger partial charge in [0.15, 0.2) is 0 Å². The molecule has 3 aliphatic rings. The Balaban J connectivity index is 1.56. The summed E-state index contributed by atoms with van der Waals surface area (Å²) in [5, 5.41) is 42.0. The summed E-state index contributed by atoms with van der Waals surface area (Å²) in [6, 6.07) is 9.37. The Hall–Kier alpha value is -1.88. The molecule has 4 bridgehead atoms. The van der Waals surface area contributed by atoms with Crippen LogP contribution in [0.4, 0.5) is 0 Å². The van der Waals surface area contributed by atoms with Crippen molar-refractivity contribution in [3.63, 3.8) is 0 Å². The largest absolute Gasteiger partial charge is 0.481 e. The second kappa shape index (κ2) is 16.1. The summed E-state index contributed by atoms with van der Waals surface area (Å²) in [6.45, 7) is 4.40. The summed E-state index contributed by atoms with van der Waals surface area (Å²) in [5.41, 5.74) is 7.41. The van der Waals surface area contributed by atoms with Gasteiger partial charge in [-0.25, -0.2) is 0 Å². The number of carbonyl (C=O) groups is 2. The smallest absolute Gasteiger partial charge is 0.306 e. The van der Waals surface area contributed by atoms with Gasteiger partial charge in [0.05, 0.1) is 24.3 Å². The molecule has 0 aliphatic carbocycles. The van der Waals surface area contributed by atoms with Crippen LogP contribution in [0.1, 0.15) is 108 Å². The first-order valence-electron chi connectivity index (χ1n) is 17.1. The van der Waals surface area contributed by atoms with Crippen LogP contribution in [-0.2, 0) is 22.4 Å². The third-order valence-electron chi connectivity index (χ3n) is 10.6. The van der Waals surface area contributed by atoms with E-state index in [0.29, 0.717) is 31.2 Å². The third kappa shape index (κ3) is 10.6. The Morgan fingerprint density at radius 3 is 2.57 bits per heavy atom. The van der Waals surface area contributed by atoms with Crippen molar-refractivity contribution in [3.8, 4) is 0 Å². The van der Waals surface area contributed by atoms with Crippen LogP contribution < -0.4 is 21.7 Å². The fourth-order valence-electron chi connectivity index (χ4n) is 8.24. The number of aliphatic hydroxyl groups excluding tert-OH is 1. The molecule has 3 aliphatic heterocycles. The number of aliphatic carboxylic acids is 1. The van der Waals surface area contributed by atoms with Crippen molar-refractivity contribution in [2.75, 3.05) is 6.54 Å². The molecule has 0 amide bonds. The van der Waals surface area contributed by atoms with Gasteiger partial charge in [0.2, 0.25) is 0 Å². The SMILES string of the molecule is C[C@@H]1N[C@H](C[C@H](CC=O)[C@@H]2CCCCCC[C@@](O)(CC(=O)O)CN[C@]3(C)C[C@@H](Cc4cccc(c4)C2)N[C@H](N)C3)CC[C@H]1O. The number of piperidine rings is 2. The van der Waals surface area contributed by atoms with Gasteiger partial charge in [0.25, 0.3) is 0 Å². The highest BCUT2D eigenvalue weighted by atomic mass is 16.4. The molecular weight excluding hydrogens is 556 g/mol. The van der Waals surface area contributed by atoms with Crippen LogP contribution in [0.15, 0.2) is 24.3 Å². The van der Waals surface area contributed by atoms with Crippen LogP contribution >= 0.6 is 0 Å². The van der Waals surface area contributed by atoms with Crippen molar-refractivity contribution in [3.05, 3.63) is 35.4 Å². The fourth-order valence-corrected chi connectivity index (χ4v) is 8.24. The van der Waals surface area contributed by atoms with E-state index in [1.807, 2.05) is 6.92 Å². The van der Waals surface area contributed by atoms with Gasteiger partial charge in [-0.1, -0.05) is 49.9 Å². The number of aliphatic hydroxyl groups is 2. The molecule has 4 rings (SSSR count). The highest BCUT2D eigenvalue weighted by Gasteiger charge is 2.39. The lowest BCUT2D eigenvalue weighted by atomic mass is 9.76. The van der Waals surface area contributed by atoms with E-state index < -0.39 is 11.6 Å². The maximum Gasteiger partial charge on any atom is 0.306 e. The normalized spacial score (nSPS) is 36.8. The van der Waals surface area contributed by atoms with E-state index in [4.69, 9.17) is 5.73 Å². The molecule has 3 heterocycles. The number of β-amino-alcohol motifs (C(OH)–C–C–N with tert-alkyl or cyclic N) is 1. The van der Waals surface area contributed by atoms with Crippen LogP contribution in [-0.4, -0.2) is 75.7 Å². The first-order chi connectivity index (χ1) is 21.0. The Labute approximate surface area is 264 Å². The first-order valence-corrected chi connectivity index (χ1v) is 17.1. The van der Waals surface area contributed by atoms with Crippen molar-refractivity contribution >= 4 is 12.3 Å². The zero-order valence-electron chi connectivity index (χ0n) is 27.0. The standard InChI is InChI=1S/C35H58N4O5/c1-24-31(41)12-11-29(38-24)19-28(13-15-40)27-10-5-3-4-6-14-35(44,22-33(42)43)23-37-34(2)20-30(39-32(36)21-34)18-26-9-7-8-25(16-26)17-27/h7-9,15-16,24,27-32,37-39,41,44H,3-6,10-14,17-23,36H2,1-2H3,(H,42,43)/t24-,27+,28-,29-,30+,31+,32-,34+,35+/m0/s1. The predicted octanol–water partition coefficient (Wildman–Crippen LogP) is 3.43. The molecular formula is C35H58N4O5. The lowest BCUT2D eigenvalue weighted by molar-refractivity contribution is -0.143. The van der Waals surface area contributed by atoms with E-state index in [2.05, 4.69) is 47.1 Å². The molecule has 44 heavy (non-hydrogen) atoms. The van der Waals surface area contributed by atoms with E-state index in [0.717, 1.165) is 76.9 Å². The summed E-state index contributed by atoms with van der Waals surface area (Å²) >= 11 is 0. The number of nitrogens with one attached hydrogen (secondary N) is 3. The van der Waals surface area contributed by atoms with Crippen LogP contribution in [0.2, 0.25) is 0 Å². The van der Waals surface area contributed by atoms with E-state index in [-0.39, 0.29) is 48.8 Å². The van der Waals surface area contributed by atoms with Crippen molar-refractivity contribution in [1.29, 1.82) is 0 Å². The van der Waals surface area contributed by atoms with Gasteiger partial charge in [-0.2, -0.15) is 0 Å². The van der Waals surface area contributed by atoms with Gasteiger partial charge >= 0.3 is 5.97 Å². The Morgan fingerprint density at radius 2 is 1.84 bits per heavy atom. The lowest BCUT2D eigenvalue weighted by Gasteiger charge is -2.44. The number of fused-ring (bicyclic) bond motifs is 4. The van der Waals surface area contributed by atoms with Crippen molar-refractivity contribution in [1.82, 2.24) is 16.0 Å². The molecule has 9 atom stereocenters. The topological polar surface area (TPSA) is 157 Å². The zero-order chi connectivity index (χ0) is 31.7. The summed E-state index contributed by atoms with van der Waals surface area (Å²) in [7, 11) is 0. The number of benzene rings is 1. The monoisotopic (exact) mass is 614 g/mol. The molecule has 1 aromatic carbocycles. The van der Waals surface area contributed by atoms with Gasteiger partial charge in [0.1, 0.15) is 6.29 Å². The van der Waals surface area contributed by atoms with Crippen LogP contribution in [0, 0.1) is 11.8 Å². The molecule has 0 aromatic heterocycles. The number of carboxylic acids is 1.